The molecule has 1 atom stereocenters. The maximum atomic E-state index is 13.0. The largest absolute Gasteiger partial charge is 0.494 e. The highest BCUT2D eigenvalue weighted by molar-refractivity contribution is 9.10. The summed E-state index contributed by atoms with van der Waals surface area (Å²) in [6.07, 6.45) is 2.53. The van der Waals surface area contributed by atoms with E-state index in [1.807, 2.05) is 17.6 Å². The summed E-state index contributed by atoms with van der Waals surface area (Å²) in [7, 11) is 0. The van der Waals surface area contributed by atoms with E-state index in [-0.39, 0.29) is 17.0 Å². The van der Waals surface area contributed by atoms with Gasteiger partial charge in [0, 0.05) is 27.8 Å². The summed E-state index contributed by atoms with van der Waals surface area (Å²) in [4.78, 5) is 25.8. The quantitative estimate of drug-likeness (QED) is 0.666. The molecule has 0 spiro atoms. The minimum Gasteiger partial charge on any atom is -0.494 e. The molecule has 27 heavy (non-hydrogen) atoms. The molecule has 138 valence electrons. The first-order valence-corrected chi connectivity index (χ1v) is 9.68. The zero-order valence-corrected chi connectivity index (χ0v) is 16.7. The first-order chi connectivity index (χ1) is 13.0. The van der Waals surface area contributed by atoms with Crippen LogP contribution < -0.4 is 15.5 Å². The van der Waals surface area contributed by atoms with Gasteiger partial charge in [-0.05, 0) is 62.2 Å². The lowest BCUT2D eigenvalue weighted by atomic mass is 10.1. The molecule has 5 nitrogen and oxygen atoms in total. The summed E-state index contributed by atoms with van der Waals surface area (Å²) in [5.74, 6) is 0.330. The van der Waals surface area contributed by atoms with Gasteiger partial charge in [-0.2, -0.15) is 0 Å². The number of nitrogens with zero attached hydrogens (tertiary/aromatic N) is 1. The Kier molecular flexibility index (Phi) is 4.52. The Morgan fingerprint density at radius 2 is 2.04 bits per heavy atom. The van der Waals surface area contributed by atoms with Crippen molar-refractivity contribution in [2.75, 3.05) is 11.9 Å². The fraction of sp³-hybridized carbons (Fsp3) is 0.238. The molecule has 1 aliphatic rings. The van der Waals surface area contributed by atoms with Crippen LogP contribution in [0.25, 0.3) is 10.9 Å². The Morgan fingerprint density at radius 1 is 1.30 bits per heavy atom. The Bertz CT molecular complexity index is 1100. The number of hydrogen-bond donors (Lipinski definition) is 1. The number of benzene rings is 2. The topological polar surface area (TPSA) is 60.3 Å². The highest BCUT2D eigenvalue weighted by Crippen LogP contribution is 2.33. The van der Waals surface area contributed by atoms with Gasteiger partial charge in [0.15, 0.2) is 0 Å². The first kappa shape index (κ1) is 17.8. The van der Waals surface area contributed by atoms with E-state index in [0.717, 1.165) is 27.7 Å². The fourth-order valence-electron chi connectivity index (χ4n) is 3.62. The molecule has 2 heterocycles. The van der Waals surface area contributed by atoms with Gasteiger partial charge >= 0.3 is 0 Å². The molecule has 0 fully saturated rings. The van der Waals surface area contributed by atoms with Crippen molar-refractivity contribution in [3.8, 4) is 5.75 Å². The molecule has 4 rings (SSSR count). The monoisotopic (exact) mass is 426 g/mol. The molecule has 1 amide bonds. The van der Waals surface area contributed by atoms with Crippen LogP contribution in [0.4, 0.5) is 5.69 Å². The molecule has 6 heteroatoms. The molecular weight excluding hydrogens is 408 g/mol. The number of ether oxygens (including phenoxy) is 1. The lowest BCUT2D eigenvalue weighted by Gasteiger charge is -2.13. The van der Waals surface area contributed by atoms with Crippen LogP contribution in [0.15, 0.2) is 51.9 Å². The number of aromatic nitrogens is 1. The number of anilines is 1. The number of hydrogen-bond acceptors (Lipinski definition) is 3. The van der Waals surface area contributed by atoms with Crippen LogP contribution in [0.2, 0.25) is 0 Å². The van der Waals surface area contributed by atoms with E-state index in [1.54, 1.807) is 36.5 Å². The number of carbonyl (C=O) groups is 1. The van der Waals surface area contributed by atoms with Crippen molar-refractivity contribution in [1.82, 2.24) is 4.57 Å². The Balaban J connectivity index is 1.73. The molecule has 1 aliphatic heterocycles. The Hall–Kier alpha value is -2.60. The van der Waals surface area contributed by atoms with Gasteiger partial charge in [-0.3, -0.25) is 9.59 Å². The van der Waals surface area contributed by atoms with Crippen LogP contribution in [0.1, 0.15) is 35.8 Å². The van der Waals surface area contributed by atoms with Gasteiger partial charge < -0.3 is 14.6 Å². The highest BCUT2D eigenvalue weighted by atomic mass is 79.9. The summed E-state index contributed by atoms with van der Waals surface area (Å²) in [5, 5.41) is 3.38. The second-order valence-electron chi connectivity index (χ2n) is 6.70. The number of amides is 1. The summed E-state index contributed by atoms with van der Waals surface area (Å²) in [5.41, 5.74) is 2.57. The number of carbonyl (C=O) groups excluding carboxylic acids is 1. The lowest BCUT2D eigenvalue weighted by molar-refractivity contribution is 0.102. The van der Waals surface area contributed by atoms with Crippen molar-refractivity contribution >= 4 is 38.4 Å². The van der Waals surface area contributed by atoms with Crippen LogP contribution in [0, 0.1) is 0 Å². The van der Waals surface area contributed by atoms with Crippen molar-refractivity contribution in [3.05, 3.63) is 68.4 Å². The van der Waals surface area contributed by atoms with Crippen LogP contribution >= 0.6 is 15.9 Å². The van der Waals surface area contributed by atoms with E-state index < -0.39 is 5.91 Å². The van der Waals surface area contributed by atoms with E-state index in [2.05, 4.69) is 28.2 Å². The van der Waals surface area contributed by atoms with E-state index in [1.165, 1.54) is 0 Å². The van der Waals surface area contributed by atoms with E-state index in [0.29, 0.717) is 17.7 Å². The van der Waals surface area contributed by atoms with E-state index in [4.69, 9.17) is 4.74 Å². The van der Waals surface area contributed by atoms with E-state index >= 15 is 0 Å². The van der Waals surface area contributed by atoms with E-state index in [9.17, 15) is 9.59 Å². The average molecular weight is 427 g/mol. The molecule has 0 aliphatic carbocycles. The van der Waals surface area contributed by atoms with Gasteiger partial charge in [-0.25, -0.2) is 0 Å². The molecule has 0 bridgehead atoms. The third-order valence-corrected chi connectivity index (χ3v) is 5.29. The minimum atomic E-state index is -0.407. The van der Waals surface area contributed by atoms with Crippen molar-refractivity contribution in [3.63, 3.8) is 0 Å². The third-order valence-electron chi connectivity index (χ3n) is 4.83. The molecule has 0 radical (unpaired) electrons. The Morgan fingerprint density at radius 3 is 2.74 bits per heavy atom. The van der Waals surface area contributed by atoms with Crippen LogP contribution in [-0.2, 0) is 6.42 Å². The lowest BCUT2D eigenvalue weighted by Crippen LogP contribution is -2.23. The van der Waals surface area contributed by atoms with Crippen molar-refractivity contribution in [2.24, 2.45) is 0 Å². The zero-order chi connectivity index (χ0) is 19.1. The summed E-state index contributed by atoms with van der Waals surface area (Å²) >= 11 is 3.48. The number of halogens is 1. The second kappa shape index (κ2) is 6.85. The van der Waals surface area contributed by atoms with Crippen LogP contribution in [0.5, 0.6) is 5.75 Å². The van der Waals surface area contributed by atoms with Gasteiger partial charge in [0.05, 0.1) is 12.1 Å². The molecule has 0 saturated carbocycles. The zero-order valence-electron chi connectivity index (χ0n) is 15.1. The maximum Gasteiger partial charge on any atom is 0.261 e. The van der Waals surface area contributed by atoms with Gasteiger partial charge in [0.2, 0.25) is 5.43 Å². The molecule has 1 N–H and O–H groups in total. The van der Waals surface area contributed by atoms with Crippen molar-refractivity contribution < 1.29 is 9.53 Å². The summed E-state index contributed by atoms with van der Waals surface area (Å²) < 4.78 is 8.29. The highest BCUT2D eigenvalue weighted by Gasteiger charge is 2.25. The SMILES string of the molecule is CCOc1ccc(NC(=O)c2cn3c4c(cc(Br)cc4c2=O)CC3C)cc1. The summed E-state index contributed by atoms with van der Waals surface area (Å²) in [6.45, 7) is 4.59. The minimum absolute atomic E-state index is 0.147. The van der Waals surface area contributed by atoms with Crippen molar-refractivity contribution in [1.29, 1.82) is 0 Å². The number of nitrogens with one attached hydrogen (secondary N) is 1. The predicted molar refractivity (Wildman–Crippen MR) is 110 cm³/mol. The van der Waals surface area contributed by atoms with Gasteiger partial charge in [-0.1, -0.05) is 15.9 Å². The Labute approximate surface area is 165 Å². The maximum absolute atomic E-state index is 13.0. The smallest absolute Gasteiger partial charge is 0.261 e. The van der Waals surface area contributed by atoms with Gasteiger partial charge in [0.1, 0.15) is 11.3 Å². The molecule has 2 aromatic carbocycles. The fourth-order valence-corrected chi connectivity index (χ4v) is 4.13. The molecule has 1 unspecified atom stereocenters. The van der Waals surface area contributed by atoms with Crippen molar-refractivity contribution in [2.45, 2.75) is 26.3 Å². The second-order valence-corrected chi connectivity index (χ2v) is 7.62. The van der Waals surface area contributed by atoms with Gasteiger partial charge in [-0.15, -0.1) is 0 Å². The molecular formula is C21H19BrN2O3. The van der Waals surface area contributed by atoms with Gasteiger partial charge in [0.25, 0.3) is 5.91 Å². The molecule has 1 aromatic heterocycles. The number of rotatable bonds is 4. The third kappa shape index (κ3) is 3.14. The molecule has 0 saturated heterocycles. The van der Waals surface area contributed by atoms with Crippen LogP contribution in [0.3, 0.4) is 0 Å². The first-order valence-electron chi connectivity index (χ1n) is 8.89. The number of pyridine rings is 1. The normalized spacial score (nSPS) is 15.1. The molecule has 3 aromatic rings. The predicted octanol–water partition coefficient (Wildman–Crippen LogP) is 4.53. The average Bonchev–Trinajstić information content (AvgIpc) is 2.95. The standard InChI is InChI=1S/C21H19BrN2O3/c1-3-27-16-6-4-15(5-7-16)23-21(26)18-11-24-12(2)8-13-9-14(22)10-17(19(13)24)20(18)25/h4-7,9-12H,3,8H2,1-2H3,(H,23,26). The summed E-state index contributed by atoms with van der Waals surface area (Å²) in [6, 6.07) is 11.1. The van der Waals surface area contributed by atoms with Crippen LogP contribution in [-0.4, -0.2) is 17.1 Å².